The molecule has 0 fully saturated rings. The predicted octanol–water partition coefficient (Wildman–Crippen LogP) is 0.676. The Kier molecular flexibility index (Phi) is 3.36. The van der Waals surface area contributed by atoms with Crippen molar-refractivity contribution in [1.29, 1.82) is 0 Å². The second kappa shape index (κ2) is 4.94. The molecule has 0 saturated carbocycles. The Morgan fingerprint density at radius 2 is 2.41 bits per heavy atom. The summed E-state index contributed by atoms with van der Waals surface area (Å²) in [7, 11) is 1.48. The third-order valence-corrected chi connectivity index (χ3v) is 2.28. The lowest BCUT2D eigenvalue weighted by molar-refractivity contribution is -0.135. The number of carbonyl (C=O) groups is 1. The van der Waals surface area contributed by atoms with Gasteiger partial charge in [-0.15, -0.1) is 0 Å². The molecule has 0 radical (unpaired) electrons. The van der Waals surface area contributed by atoms with Gasteiger partial charge in [-0.05, 0) is 17.7 Å². The maximum absolute atomic E-state index is 11.2. The smallest absolute Gasteiger partial charge is 0.262 e. The van der Waals surface area contributed by atoms with Crippen molar-refractivity contribution in [2.24, 2.45) is 5.84 Å². The third-order valence-electron chi connectivity index (χ3n) is 2.28. The van der Waals surface area contributed by atoms with E-state index in [1.54, 1.807) is 0 Å². The van der Waals surface area contributed by atoms with Gasteiger partial charge in [-0.1, -0.05) is 6.07 Å². The molecule has 0 bridgehead atoms. The number of carbonyl (C=O) groups excluding carboxylic acids is 1. The molecular formula is C11H13N3O3. The molecule has 0 aliphatic heterocycles. The molecule has 6 heteroatoms. The highest BCUT2D eigenvalue weighted by atomic mass is 16.5. The topological polar surface area (TPSA) is 81.6 Å². The Hall–Kier alpha value is -1.92. The molecule has 1 amide bonds. The second-order valence-corrected chi connectivity index (χ2v) is 3.65. The van der Waals surface area contributed by atoms with Crippen LogP contribution >= 0.6 is 0 Å². The first kappa shape index (κ1) is 11.6. The summed E-state index contributed by atoms with van der Waals surface area (Å²) in [5.74, 6) is 4.98. The van der Waals surface area contributed by atoms with Crippen molar-refractivity contribution in [2.75, 3.05) is 13.7 Å². The molecule has 2 rings (SSSR count). The number of ether oxygens (including phenoxy) is 1. The van der Waals surface area contributed by atoms with E-state index >= 15 is 0 Å². The standard InChI is InChI=1S/C11H13N3O3/c1-14(12)11(15)6-16-5-8-2-3-9-10(4-8)17-7-13-9/h2-4,7H,5-6,12H2,1H3. The minimum Gasteiger partial charge on any atom is -0.443 e. The molecule has 1 heterocycles. The van der Waals surface area contributed by atoms with Crippen LogP contribution in [-0.2, 0) is 16.1 Å². The van der Waals surface area contributed by atoms with Gasteiger partial charge < -0.3 is 9.15 Å². The SMILES string of the molecule is CN(N)C(=O)COCc1ccc2ncoc2c1. The molecule has 0 atom stereocenters. The zero-order chi connectivity index (χ0) is 12.3. The molecule has 0 aliphatic rings. The summed E-state index contributed by atoms with van der Waals surface area (Å²) in [5.41, 5.74) is 2.42. The largest absolute Gasteiger partial charge is 0.443 e. The second-order valence-electron chi connectivity index (χ2n) is 3.65. The van der Waals surface area contributed by atoms with Gasteiger partial charge in [0.25, 0.3) is 5.91 Å². The number of benzene rings is 1. The molecule has 90 valence electrons. The van der Waals surface area contributed by atoms with E-state index < -0.39 is 0 Å². The summed E-state index contributed by atoms with van der Waals surface area (Å²) in [6.45, 7) is 0.289. The number of hydrogen-bond donors (Lipinski definition) is 1. The normalized spacial score (nSPS) is 10.7. The van der Waals surface area contributed by atoms with Crippen LogP contribution in [0.3, 0.4) is 0 Å². The molecule has 0 aliphatic carbocycles. The van der Waals surface area contributed by atoms with E-state index in [2.05, 4.69) is 4.98 Å². The third kappa shape index (κ3) is 2.80. The Morgan fingerprint density at radius 1 is 1.59 bits per heavy atom. The summed E-state index contributed by atoms with van der Waals surface area (Å²) in [6.07, 6.45) is 1.39. The first-order valence-corrected chi connectivity index (χ1v) is 5.08. The van der Waals surface area contributed by atoms with Crippen LogP contribution in [0, 0.1) is 0 Å². The van der Waals surface area contributed by atoms with Crippen molar-refractivity contribution in [3.8, 4) is 0 Å². The van der Waals surface area contributed by atoms with E-state index in [0.29, 0.717) is 12.2 Å². The minimum atomic E-state index is -0.272. The highest BCUT2D eigenvalue weighted by molar-refractivity contribution is 5.76. The Balaban J connectivity index is 1.92. The fraction of sp³-hybridized carbons (Fsp3) is 0.273. The predicted molar refractivity (Wildman–Crippen MR) is 60.6 cm³/mol. The van der Waals surface area contributed by atoms with Crippen LogP contribution in [-0.4, -0.2) is 29.6 Å². The van der Waals surface area contributed by atoms with Crippen molar-refractivity contribution in [3.05, 3.63) is 30.2 Å². The number of oxazole rings is 1. The maximum atomic E-state index is 11.2. The maximum Gasteiger partial charge on any atom is 0.262 e. The van der Waals surface area contributed by atoms with Gasteiger partial charge in [0.2, 0.25) is 0 Å². The van der Waals surface area contributed by atoms with Crippen LogP contribution in [0.5, 0.6) is 0 Å². The van der Waals surface area contributed by atoms with E-state index in [0.717, 1.165) is 16.1 Å². The lowest BCUT2D eigenvalue weighted by atomic mass is 10.2. The molecule has 0 spiro atoms. The molecule has 17 heavy (non-hydrogen) atoms. The number of nitrogens with zero attached hydrogens (tertiary/aromatic N) is 2. The molecule has 0 unspecified atom stereocenters. The van der Waals surface area contributed by atoms with E-state index in [1.165, 1.54) is 13.4 Å². The van der Waals surface area contributed by atoms with Crippen LogP contribution in [0.4, 0.5) is 0 Å². The zero-order valence-corrected chi connectivity index (χ0v) is 9.42. The van der Waals surface area contributed by atoms with Crippen LogP contribution in [0.15, 0.2) is 29.0 Å². The number of fused-ring (bicyclic) bond motifs is 1. The van der Waals surface area contributed by atoms with Crippen molar-refractivity contribution < 1.29 is 13.9 Å². The van der Waals surface area contributed by atoms with Gasteiger partial charge >= 0.3 is 0 Å². The lowest BCUT2D eigenvalue weighted by Crippen LogP contribution is -2.35. The number of nitrogens with two attached hydrogens (primary N) is 1. The van der Waals surface area contributed by atoms with Gasteiger partial charge in [-0.25, -0.2) is 10.8 Å². The zero-order valence-electron chi connectivity index (χ0n) is 9.42. The number of likely N-dealkylation sites (N-methyl/N-ethyl adjacent to an activating group) is 1. The fourth-order valence-corrected chi connectivity index (χ4v) is 1.35. The first-order valence-electron chi connectivity index (χ1n) is 5.08. The summed E-state index contributed by atoms with van der Waals surface area (Å²) in [5, 5.41) is 1.000. The molecule has 1 aromatic carbocycles. The fourth-order valence-electron chi connectivity index (χ4n) is 1.35. The van der Waals surface area contributed by atoms with Crippen LogP contribution in [0.1, 0.15) is 5.56 Å². The molecule has 1 aromatic heterocycles. The highest BCUT2D eigenvalue weighted by Crippen LogP contribution is 2.14. The minimum absolute atomic E-state index is 0.0402. The van der Waals surface area contributed by atoms with Crippen molar-refractivity contribution in [3.63, 3.8) is 0 Å². The molecule has 6 nitrogen and oxygen atoms in total. The van der Waals surface area contributed by atoms with Crippen molar-refractivity contribution >= 4 is 17.0 Å². The van der Waals surface area contributed by atoms with Gasteiger partial charge in [-0.3, -0.25) is 9.80 Å². The number of hydrazine groups is 1. The summed E-state index contributed by atoms with van der Waals surface area (Å²) in [4.78, 5) is 15.2. The summed E-state index contributed by atoms with van der Waals surface area (Å²) >= 11 is 0. The quantitative estimate of drug-likeness (QED) is 0.478. The van der Waals surface area contributed by atoms with Crippen LogP contribution in [0.2, 0.25) is 0 Å². The van der Waals surface area contributed by atoms with Crippen LogP contribution < -0.4 is 5.84 Å². The summed E-state index contributed by atoms with van der Waals surface area (Å²) < 4.78 is 10.4. The number of rotatable bonds is 4. The lowest BCUT2D eigenvalue weighted by Gasteiger charge is -2.09. The van der Waals surface area contributed by atoms with Gasteiger partial charge in [0.1, 0.15) is 12.1 Å². The number of hydrogen-bond acceptors (Lipinski definition) is 5. The number of amides is 1. The van der Waals surface area contributed by atoms with Gasteiger partial charge in [0, 0.05) is 7.05 Å². The van der Waals surface area contributed by atoms with E-state index in [4.69, 9.17) is 15.0 Å². The van der Waals surface area contributed by atoms with E-state index in [-0.39, 0.29) is 12.5 Å². The van der Waals surface area contributed by atoms with Crippen molar-refractivity contribution in [1.82, 2.24) is 9.99 Å². The van der Waals surface area contributed by atoms with Gasteiger partial charge in [0.15, 0.2) is 12.0 Å². The van der Waals surface area contributed by atoms with E-state index in [1.807, 2.05) is 18.2 Å². The number of aromatic nitrogens is 1. The van der Waals surface area contributed by atoms with E-state index in [9.17, 15) is 4.79 Å². The van der Waals surface area contributed by atoms with Crippen LogP contribution in [0.25, 0.3) is 11.1 Å². The Morgan fingerprint density at radius 3 is 3.18 bits per heavy atom. The molecular weight excluding hydrogens is 222 g/mol. The molecule has 2 aromatic rings. The van der Waals surface area contributed by atoms with Gasteiger partial charge in [0.05, 0.1) is 6.61 Å². The highest BCUT2D eigenvalue weighted by Gasteiger charge is 2.05. The Bertz CT molecular complexity index is 521. The molecule has 2 N–H and O–H groups in total. The molecule has 0 saturated heterocycles. The average Bonchev–Trinajstić information content (AvgIpc) is 2.75. The van der Waals surface area contributed by atoms with Crippen molar-refractivity contribution in [2.45, 2.75) is 6.61 Å². The average molecular weight is 235 g/mol. The monoisotopic (exact) mass is 235 g/mol. The first-order chi connectivity index (χ1) is 8.16. The van der Waals surface area contributed by atoms with Gasteiger partial charge in [-0.2, -0.15) is 0 Å². The summed E-state index contributed by atoms with van der Waals surface area (Å²) in [6, 6.07) is 5.55. The Labute approximate surface area is 97.9 Å².